The molecule has 2 rings (SSSR count). The number of benzene rings is 1. The molecule has 1 fully saturated rings. The third-order valence-corrected chi connectivity index (χ3v) is 4.56. The predicted molar refractivity (Wildman–Crippen MR) is 95.0 cm³/mol. The summed E-state index contributed by atoms with van der Waals surface area (Å²) < 4.78 is 10.4. The Hall–Kier alpha value is -2.15. The number of hydrogen-bond donors (Lipinski definition) is 0. The van der Waals surface area contributed by atoms with E-state index in [0.29, 0.717) is 25.2 Å². The normalized spacial score (nSPS) is 21.7. The summed E-state index contributed by atoms with van der Waals surface area (Å²) in [5.74, 6) is -0.405. The number of rotatable bonds is 6. The van der Waals surface area contributed by atoms with Gasteiger partial charge in [0, 0.05) is 19.2 Å². The quantitative estimate of drug-likeness (QED) is 0.445. The van der Waals surface area contributed by atoms with Crippen LogP contribution >= 0.6 is 0 Å². The van der Waals surface area contributed by atoms with Crippen molar-refractivity contribution in [1.82, 2.24) is 0 Å². The molecular weight excluding hydrogens is 324 g/mol. The van der Waals surface area contributed by atoms with Crippen LogP contribution in [0.5, 0.6) is 0 Å². The van der Waals surface area contributed by atoms with E-state index in [1.165, 1.54) is 7.11 Å². The van der Waals surface area contributed by atoms with Crippen LogP contribution < -0.4 is 4.90 Å². The van der Waals surface area contributed by atoms with E-state index in [4.69, 9.17) is 9.47 Å². The fourth-order valence-corrected chi connectivity index (χ4v) is 3.37. The Labute approximate surface area is 148 Å². The van der Waals surface area contributed by atoms with Gasteiger partial charge in [0.2, 0.25) is 0 Å². The van der Waals surface area contributed by atoms with Gasteiger partial charge >= 0.3 is 5.97 Å². The molecule has 1 aliphatic rings. The van der Waals surface area contributed by atoms with Crippen LogP contribution in [-0.4, -0.2) is 43.3 Å². The van der Waals surface area contributed by atoms with Crippen LogP contribution in [0.15, 0.2) is 18.2 Å². The number of methoxy groups -OCH3 is 1. The topological polar surface area (TPSA) is 81.9 Å². The molecule has 1 saturated heterocycles. The van der Waals surface area contributed by atoms with Gasteiger partial charge in [0.15, 0.2) is 0 Å². The lowest BCUT2D eigenvalue weighted by Crippen LogP contribution is -2.45. The highest BCUT2D eigenvalue weighted by atomic mass is 16.6. The van der Waals surface area contributed by atoms with Crippen LogP contribution in [0.1, 0.15) is 45.1 Å². The highest BCUT2D eigenvalue weighted by molar-refractivity contribution is 5.71. The van der Waals surface area contributed by atoms with Crippen molar-refractivity contribution in [2.45, 2.75) is 51.7 Å². The number of carbonyl (C=O) groups is 1. The molecule has 0 N–H and O–H groups in total. The lowest BCUT2D eigenvalue weighted by Gasteiger charge is -2.36. The van der Waals surface area contributed by atoms with Crippen LogP contribution in [0, 0.1) is 10.1 Å². The van der Waals surface area contributed by atoms with Gasteiger partial charge in [0.25, 0.3) is 5.69 Å². The minimum Gasteiger partial charge on any atom is -0.469 e. The van der Waals surface area contributed by atoms with Crippen molar-refractivity contribution >= 4 is 17.3 Å². The number of morpholine rings is 1. The van der Waals surface area contributed by atoms with Crippen molar-refractivity contribution in [2.75, 3.05) is 25.1 Å². The van der Waals surface area contributed by atoms with E-state index in [2.05, 4.69) is 0 Å². The van der Waals surface area contributed by atoms with Crippen LogP contribution in [0.4, 0.5) is 11.4 Å². The van der Waals surface area contributed by atoms with Gasteiger partial charge in [-0.2, -0.15) is 0 Å². The number of ether oxygens (including phenoxy) is 2. The fraction of sp³-hybridized carbons (Fsp3) is 0.611. The molecule has 7 nitrogen and oxygen atoms in total. The minimum absolute atomic E-state index is 0.0192. The van der Waals surface area contributed by atoms with Crippen molar-refractivity contribution in [2.24, 2.45) is 0 Å². The monoisotopic (exact) mass is 350 g/mol. The molecule has 0 amide bonds. The zero-order chi connectivity index (χ0) is 18.6. The Morgan fingerprint density at radius 3 is 2.56 bits per heavy atom. The standard InChI is InChI=1S/C18H26N2O5/c1-5-14(9-18(21)24-4)15-6-7-16(17(8-15)20(22)23)19-10-12(2)25-13(3)11-19/h6-8,12-14H,5,9-11H2,1-4H3/t12-,13+,14?. The molecule has 0 radical (unpaired) electrons. The molecule has 1 unspecified atom stereocenters. The first-order valence-electron chi connectivity index (χ1n) is 8.61. The first-order valence-corrected chi connectivity index (χ1v) is 8.61. The first kappa shape index (κ1) is 19.2. The summed E-state index contributed by atoms with van der Waals surface area (Å²) in [4.78, 5) is 24.9. The minimum atomic E-state index is -0.353. The van der Waals surface area contributed by atoms with Gasteiger partial charge in [-0.05, 0) is 37.8 Å². The van der Waals surface area contributed by atoms with Crippen molar-refractivity contribution in [1.29, 1.82) is 0 Å². The number of nitro groups is 1. The average Bonchev–Trinajstić information content (AvgIpc) is 2.58. The van der Waals surface area contributed by atoms with Gasteiger partial charge in [0.05, 0.1) is 30.7 Å². The second-order valence-corrected chi connectivity index (χ2v) is 6.55. The van der Waals surface area contributed by atoms with Crippen LogP contribution in [0.3, 0.4) is 0 Å². The van der Waals surface area contributed by atoms with E-state index in [-0.39, 0.29) is 41.1 Å². The molecule has 138 valence electrons. The van der Waals surface area contributed by atoms with Gasteiger partial charge in [-0.1, -0.05) is 13.0 Å². The average molecular weight is 350 g/mol. The Kier molecular flexibility index (Phi) is 6.36. The molecule has 3 atom stereocenters. The lowest BCUT2D eigenvalue weighted by atomic mass is 9.92. The highest BCUT2D eigenvalue weighted by Gasteiger charge is 2.28. The molecule has 25 heavy (non-hydrogen) atoms. The van der Waals surface area contributed by atoms with Crippen molar-refractivity contribution in [3.63, 3.8) is 0 Å². The maximum atomic E-state index is 11.6. The molecule has 1 aromatic rings. The molecule has 0 aromatic heterocycles. The Morgan fingerprint density at radius 1 is 1.40 bits per heavy atom. The zero-order valence-electron chi connectivity index (χ0n) is 15.2. The summed E-state index contributed by atoms with van der Waals surface area (Å²) in [6.07, 6.45) is 0.961. The SMILES string of the molecule is CCC(CC(=O)OC)c1ccc(N2C[C@@H](C)O[C@@H](C)C2)c([N+](=O)[O-])c1. The van der Waals surface area contributed by atoms with Crippen molar-refractivity contribution in [3.05, 3.63) is 33.9 Å². The number of esters is 1. The maximum Gasteiger partial charge on any atom is 0.306 e. The molecule has 0 bridgehead atoms. The molecule has 0 saturated carbocycles. The zero-order valence-corrected chi connectivity index (χ0v) is 15.2. The van der Waals surface area contributed by atoms with Crippen molar-refractivity contribution < 1.29 is 19.2 Å². The Balaban J connectivity index is 2.34. The Bertz CT molecular complexity index is 624. The third kappa shape index (κ3) is 4.69. The molecular formula is C18H26N2O5. The highest BCUT2D eigenvalue weighted by Crippen LogP contribution is 2.35. The summed E-state index contributed by atoms with van der Waals surface area (Å²) in [6, 6.07) is 5.26. The van der Waals surface area contributed by atoms with E-state index in [9.17, 15) is 14.9 Å². The summed E-state index contributed by atoms with van der Waals surface area (Å²) in [6.45, 7) is 7.12. The second kappa shape index (κ2) is 8.29. The second-order valence-electron chi connectivity index (χ2n) is 6.55. The first-order chi connectivity index (χ1) is 11.8. The Morgan fingerprint density at radius 2 is 2.04 bits per heavy atom. The number of hydrogen-bond acceptors (Lipinski definition) is 6. The number of nitrogens with zero attached hydrogens (tertiary/aromatic N) is 2. The van der Waals surface area contributed by atoms with Gasteiger partial charge in [-0.25, -0.2) is 0 Å². The molecule has 0 spiro atoms. The third-order valence-electron chi connectivity index (χ3n) is 4.56. The summed E-state index contributed by atoms with van der Waals surface area (Å²) in [7, 11) is 1.35. The summed E-state index contributed by atoms with van der Waals surface area (Å²) >= 11 is 0. The van der Waals surface area contributed by atoms with Crippen LogP contribution in [0.2, 0.25) is 0 Å². The van der Waals surface area contributed by atoms with Gasteiger partial charge in [0.1, 0.15) is 5.69 Å². The van der Waals surface area contributed by atoms with E-state index in [1.54, 1.807) is 12.1 Å². The predicted octanol–water partition coefficient (Wildman–Crippen LogP) is 3.27. The van der Waals surface area contributed by atoms with Gasteiger partial charge in [-0.15, -0.1) is 0 Å². The summed E-state index contributed by atoms with van der Waals surface area (Å²) in [5.41, 5.74) is 1.46. The molecule has 0 aliphatic carbocycles. The van der Waals surface area contributed by atoms with E-state index in [0.717, 1.165) is 5.56 Å². The van der Waals surface area contributed by atoms with E-state index in [1.807, 2.05) is 31.7 Å². The fourth-order valence-electron chi connectivity index (χ4n) is 3.37. The molecule has 1 aromatic carbocycles. The number of nitro benzene ring substituents is 1. The maximum absolute atomic E-state index is 11.6. The number of anilines is 1. The molecule has 1 aliphatic heterocycles. The summed E-state index contributed by atoms with van der Waals surface area (Å²) in [5, 5.41) is 11.6. The lowest BCUT2D eigenvalue weighted by molar-refractivity contribution is -0.384. The molecule has 7 heteroatoms. The van der Waals surface area contributed by atoms with Crippen LogP contribution in [0.25, 0.3) is 0 Å². The van der Waals surface area contributed by atoms with E-state index >= 15 is 0 Å². The van der Waals surface area contributed by atoms with Crippen LogP contribution in [-0.2, 0) is 14.3 Å². The van der Waals surface area contributed by atoms with Gasteiger partial charge in [-0.3, -0.25) is 14.9 Å². The van der Waals surface area contributed by atoms with Crippen molar-refractivity contribution in [3.8, 4) is 0 Å². The molecule has 1 heterocycles. The van der Waals surface area contributed by atoms with E-state index < -0.39 is 0 Å². The van der Waals surface area contributed by atoms with Gasteiger partial charge < -0.3 is 14.4 Å². The number of carbonyl (C=O) groups excluding carboxylic acids is 1. The smallest absolute Gasteiger partial charge is 0.306 e. The largest absolute Gasteiger partial charge is 0.469 e.